The minimum absolute atomic E-state index is 0.307. The SMILES string of the molecule is CC1CCN(c2cc(NC(=O)NCCOc3ccccc3)ncn2)CC1. The maximum atomic E-state index is 12.0. The van der Waals surface area contributed by atoms with Gasteiger partial charge in [0, 0.05) is 19.2 Å². The van der Waals surface area contributed by atoms with Crippen molar-refractivity contribution in [2.45, 2.75) is 19.8 Å². The smallest absolute Gasteiger partial charge is 0.320 e. The number of nitrogens with zero attached hydrogens (tertiary/aromatic N) is 3. The topological polar surface area (TPSA) is 79.4 Å². The van der Waals surface area contributed by atoms with E-state index in [0.29, 0.717) is 19.0 Å². The molecule has 0 aliphatic carbocycles. The molecule has 0 saturated carbocycles. The molecule has 0 spiro atoms. The summed E-state index contributed by atoms with van der Waals surface area (Å²) >= 11 is 0. The number of nitrogens with one attached hydrogen (secondary N) is 2. The molecule has 1 fully saturated rings. The Kier molecular flexibility index (Phi) is 6.24. The zero-order valence-corrected chi connectivity index (χ0v) is 15.0. The Balaban J connectivity index is 1.43. The van der Waals surface area contributed by atoms with Crippen LogP contribution in [-0.4, -0.2) is 42.2 Å². The number of rotatable bonds is 6. The molecule has 2 N–H and O–H groups in total. The molecule has 1 aliphatic heterocycles. The number of amides is 2. The van der Waals surface area contributed by atoms with Crippen molar-refractivity contribution in [1.29, 1.82) is 0 Å². The zero-order chi connectivity index (χ0) is 18.2. The third-order valence-electron chi connectivity index (χ3n) is 4.40. The molecule has 0 radical (unpaired) electrons. The van der Waals surface area contributed by atoms with E-state index in [9.17, 15) is 4.79 Å². The van der Waals surface area contributed by atoms with Crippen molar-refractivity contribution in [2.24, 2.45) is 5.92 Å². The Hall–Kier alpha value is -2.83. The van der Waals surface area contributed by atoms with Crippen LogP contribution >= 0.6 is 0 Å². The second-order valence-electron chi connectivity index (χ2n) is 6.47. The summed E-state index contributed by atoms with van der Waals surface area (Å²) in [7, 11) is 0. The largest absolute Gasteiger partial charge is 0.492 e. The van der Waals surface area contributed by atoms with Crippen molar-refractivity contribution in [3.05, 3.63) is 42.7 Å². The molecule has 1 aromatic carbocycles. The van der Waals surface area contributed by atoms with E-state index >= 15 is 0 Å². The highest BCUT2D eigenvalue weighted by molar-refractivity contribution is 5.88. The van der Waals surface area contributed by atoms with Crippen LogP contribution < -0.4 is 20.3 Å². The van der Waals surface area contributed by atoms with Crippen molar-refractivity contribution >= 4 is 17.7 Å². The first-order valence-electron chi connectivity index (χ1n) is 9.00. The van der Waals surface area contributed by atoms with E-state index in [1.54, 1.807) is 0 Å². The van der Waals surface area contributed by atoms with E-state index in [1.165, 1.54) is 6.33 Å². The monoisotopic (exact) mass is 355 g/mol. The Morgan fingerprint density at radius 1 is 1.23 bits per heavy atom. The highest BCUT2D eigenvalue weighted by Gasteiger charge is 2.17. The summed E-state index contributed by atoms with van der Waals surface area (Å²) in [6.07, 6.45) is 3.81. The summed E-state index contributed by atoms with van der Waals surface area (Å²) in [5.41, 5.74) is 0. The molecule has 2 amide bonds. The first kappa shape index (κ1) is 18.0. The first-order valence-corrected chi connectivity index (χ1v) is 9.00. The number of urea groups is 1. The molecular weight excluding hydrogens is 330 g/mol. The molecule has 0 bridgehead atoms. The molecule has 7 nitrogen and oxygen atoms in total. The van der Waals surface area contributed by atoms with Crippen LogP contribution in [0.15, 0.2) is 42.7 Å². The summed E-state index contributed by atoms with van der Waals surface area (Å²) in [6, 6.07) is 11.0. The molecule has 1 aliphatic rings. The van der Waals surface area contributed by atoms with E-state index in [-0.39, 0.29) is 6.03 Å². The number of anilines is 2. The van der Waals surface area contributed by atoms with Crippen LogP contribution in [0, 0.1) is 5.92 Å². The lowest BCUT2D eigenvalue weighted by molar-refractivity contribution is 0.247. The van der Waals surface area contributed by atoms with Gasteiger partial charge in [0.25, 0.3) is 0 Å². The molecule has 3 rings (SSSR count). The number of carbonyl (C=O) groups is 1. The van der Waals surface area contributed by atoms with Crippen molar-refractivity contribution in [3.8, 4) is 5.75 Å². The molecule has 7 heteroatoms. The van der Waals surface area contributed by atoms with Gasteiger partial charge in [-0.05, 0) is 30.9 Å². The van der Waals surface area contributed by atoms with Gasteiger partial charge in [-0.3, -0.25) is 5.32 Å². The van der Waals surface area contributed by atoms with Crippen LogP contribution in [0.2, 0.25) is 0 Å². The van der Waals surface area contributed by atoms with E-state index < -0.39 is 0 Å². The van der Waals surface area contributed by atoms with Crippen molar-refractivity contribution in [3.63, 3.8) is 0 Å². The highest BCUT2D eigenvalue weighted by atomic mass is 16.5. The zero-order valence-electron chi connectivity index (χ0n) is 15.0. The quantitative estimate of drug-likeness (QED) is 0.779. The highest BCUT2D eigenvalue weighted by Crippen LogP contribution is 2.22. The van der Waals surface area contributed by atoms with Gasteiger partial charge < -0.3 is 15.0 Å². The van der Waals surface area contributed by atoms with Gasteiger partial charge in [-0.2, -0.15) is 0 Å². The molecule has 0 unspecified atom stereocenters. The van der Waals surface area contributed by atoms with Gasteiger partial charge in [-0.15, -0.1) is 0 Å². The number of aromatic nitrogens is 2. The van der Waals surface area contributed by atoms with Crippen LogP contribution in [-0.2, 0) is 0 Å². The Morgan fingerprint density at radius 3 is 2.77 bits per heavy atom. The minimum atomic E-state index is -0.307. The van der Waals surface area contributed by atoms with Crippen LogP contribution in [0.5, 0.6) is 5.75 Å². The molecule has 1 saturated heterocycles. The number of benzene rings is 1. The molecule has 138 valence electrons. The fourth-order valence-corrected chi connectivity index (χ4v) is 2.84. The van der Waals surface area contributed by atoms with Crippen molar-refractivity contribution in [2.75, 3.05) is 36.5 Å². The fraction of sp³-hybridized carbons (Fsp3) is 0.421. The third-order valence-corrected chi connectivity index (χ3v) is 4.40. The molecule has 1 aromatic heterocycles. The van der Waals surface area contributed by atoms with E-state index in [0.717, 1.165) is 43.4 Å². The lowest BCUT2D eigenvalue weighted by atomic mass is 9.99. The van der Waals surface area contributed by atoms with Gasteiger partial charge in [-0.1, -0.05) is 25.1 Å². The predicted molar refractivity (Wildman–Crippen MR) is 102 cm³/mol. The summed E-state index contributed by atoms with van der Waals surface area (Å²) in [6.45, 7) is 5.05. The van der Waals surface area contributed by atoms with Crippen molar-refractivity contribution in [1.82, 2.24) is 15.3 Å². The summed E-state index contributed by atoms with van der Waals surface area (Å²) < 4.78 is 5.54. The number of ether oxygens (including phenoxy) is 1. The van der Waals surface area contributed by atoms with Gasteiger partial charge in [0.15, 0.2) is 0 Å². The number of para-hydroxylation sites is 1. The van der Waals surface area contributed by atoms with E-state index in [2.05, 4.69) is 32.4 Å². The minimum Gasteiger partial charge on any atom is -0.492 e. The molecule has 2 heterocycles. The second kappa shape index (κ2) is 9.03. The lowest BCUT2D eigenvalue weighted by Gasteiger charge is -2.31. The number of carbonyl (C=O) groups excluding carboxylic acids is 1. The fourth-order valence-electron chi connectivity index (χ4n) is 2.84. The van der Waals surface area contributed by atoms with E-state index in [1.807, 2.05) is 36.4 Å². The van der Waals surface area contributed by atoms with Gasteiger partial charge >= 0.3 is 6.03 Å². The predicted octanol–water partition coefficient (Wildman–Crippen LogP) is 2.91. The summed E-state index contributed by atoms with van der Waals surface area (Å²) in [5.74, 6) is 2.89. The number of hydrogen-bond acceptors (Lipinski definition) is 5. The standard InChI is InChI=1S/C19H25N5O2/c1-15-7-10-24(11-8-15)18-13-17(21-14-22-18)23-19(25)20-9-12-26-16-5-3-2-4-6-16/h2-6,13-15H,7-12H2,1H3,(H2,20,21,22,23,25). The normalized spacial score (nSPS) is 14.7. The van der Waals surface area contributed by atoms with Crippen LogP contribution in [0.4, 0.5) is 16.4 Å². The van der Waals surface area contributed by atoms with Crippen LogP contribution in [0.1, 0.15) is 19.8 Å². The number of piperidine rings is 1. The van der Waals surface area contributed by atoms with Crippen LogP contribution in [0.3, 0.4) is 0 Å². The first-order chi connectivity index (χ1) is 12.7. The van der Waals surface area contributed by atoms with Gasteiger partial charge in [0.2, 0.25) is 0 Å². The molecule has 26 heavy (non-hydrogen) atoms. The Bertz CT molecular complexity index is 702. The Morgan fingerprint density at radius 2 is 2.00 bits per heavy atom. The van der Waals surface area contributed by atoms with E-state index in [4.69, 9.17) is 4.74 Å². The van der Waals surface area contributed by atoms with Gasteiger partial charge in [-0.25, -0.2) is 14.8 Å². The van der Waals surface area contributed by atoms with Crippen LogP contribution in [0.25, 0.3) is 0 Å². The Labute approximate surface area is 153 Å². The average molecular weight is 355 g/mol. The summed E-state index contributed by atoms with van der Waals surface area (Å²) in [4.78, 5) is 22.7. The van der Waals surface area contributed by atoms with Gasteiger partial charge in [0.05, 0.1) is 6.54 Å². The maximum Gasteiger partial charge on any atom is 0.320 e. The lowest BCUT2D eigenvalue weighted by Crippen LogP contribution is -2.34. The molecule has 2 aromatic rings. The average Bonchev–Trinajstić information content (AvgIpc) is 2.67. The van der Waals surface area contributed by atoms with Gasteiger partial charge in [0.1, 0.15) is 30.3 Å². The summed E-state index contributed by atoms with van der Waals surface area (Å²) in [5, 5.41) is 5.50. The number of hydrogen-bond donors (Lipinski definition) is 2. The molecule has 0 atom stereocenters. The maximum absolute atomic E-state index is 12.0. The molecular formula is C19H25N5O2. The van der Waals surface area contributed by atoms with Crippen molar-refractivity contribution < 1.29 is 9.53 Å². The third kappa shape index (κ3) is 5.34. The second-order valence-corrected chi connectivity index (χ2v) is 6.47.